The van der Waals surface area contributed by atoms with Crippen LogP contribution in [-0.4, -0.2) is 6.04 Å². The zero-order valence-corrected chi connectivity index (χ0v) is 12.0. The van der Waals surface area contributed by atoms with E-state index in [-0.39, 0.29) is 0 Å². The number of benzene rings is 1. The molecular weight excluding hydrogens is 286 g/mol. The first-order valence-electron chi connectivity index (χ1n) is 5.80. The van der Waals surface area contributed by atoms with Crippen LogP contribution in [0, 0.1) is 5.92 Å². The number of hydrogen-bond donors (Lipinski definition) is 1. The monoisotopic (exact) mass is 301 g/mol. The van der Waals surface area contributed by atoms with Crippen LogP contribution in [0.5, 0.6) is 0 Å². The third-order valence-corrected chi connectivity index (χ3v) is 4.22. The maximum absolute atomic E-state index is 6.09. The molecule has 1 N–H and O–H groups in total. The van der Waals surface area contributed by atoms with Gasteiger partial charge in [0.25, 0.3) is 0 Å². The molecule has 2 rings (SSSR count). The summed E-state index contributed by atoms with van der Waals surface area (Å²) in [5.41, 5.74) is 2.58. The first kappa shape index (κ1) is 12.3. The zero-order valence-electron chi connectivity index (χ0n) is 9.69. The van der Waals surface area contributed by atoms with Crippen molar-refractivity contribution in [2.45, 2.75) is 39.2 Å². The molecule has 3 heteroatoms. The van der Waals surface area contributed by atoms with E-state index in [1.54, 1.807) is 0 Å². The van der Waals surface area contributed by atoms with Crippen molar-refractivity contribution in [1.29, 1.82) is 0 Å². The van der Waals surface area contributed by atoms with E-state index in [0.717, 1.165) is 21.8 Å². The maximum atomic E-state index is 6.09. The Balaban J connectivity index is 2.17. The Morgan fingerprint density at radius 2 is 2.25 bits per heavy atom. The summed E-state index contributed by atoms with van der Waals surface area (Å²) in [6.07, 6.45) is 3.58. The summed E-state index contributed by atoms with van der Waals surface area (Å²) in [4.78, 5) is 0. The van der Waals surface area contributed by atoms with Crippen molar-refractivity contribution in [2.24, 2.45) is 5.92 Å². The van der Waals surface area contributed by atoms with Gasteiger partial charge in [-0.25, -0.2) is 0 Å². The molecule has 0 saturated carbocycles. The van der Waals surface area contributed by atoms with Crippen LogP contribution in [0.3, 0.4) is 0 Å². The molecule has 1 aromatic rings. The Morgan fingerprint density at radius 3 is 2.94 bits per heavy atom. The summed E-state index contributed by atoms with van der Waals surface area (Å²) >= 11 is 9.56. The number of halogens is 2. The molecule has 0 amide bonds. The molecule has 88 valence electrons. The number of hydrogen-bond acceptors (Lipinski definition) is 1. The first-order valence-corrected chi connectivity index (χ1v) is 6.98. The molecule has 1 unspecified atom stereocenters. The molecule has 0 radical (unpaired) electrons. The van der Waals surface area contributed by atoms with E-state index in [1.807, 2.05) is 0 Å². The van der Waals surface area contributed by atoms with Crippen molar-refractivity contribution in [2.75, 3.05) is 5.32 Å². The van der Waals surface area contributed by atoms with E-state index in [4.69, 9.17) is 11.6 Å². The average Bonchev–Trinajstić information content (AvgIpc) is 2.19. The van der Waals surface area contributed by atoms with Gasteiger partial charge >= 0.3 is 0 Å². The molecule has 1 heterocycles. The van der Waals surface area contributed by atoms with Gasteiger partial charge in [0.2, 0.25) is 0 Å². The standard InChI is InChI=1S/C13H17BrClN/c1-8(2)5-10-4-3-9-6-12(15)11(14)7-13(9)16-10/h6-8,10,16H,3-5H2,1-2H3. The highest BCUT2D eigenvalue weighted by Gasteiger charge is 2.19. The minimum atomic E-state index is 0.612. The topological polar surface area (TPSA) is 12.0 Å². The van der Waals surface area contributed by atoms with Crippen molar-refractivity contribution in [3.8, 4) is 0 Å². The molecule has 1 nitrogen and oxygen atoms in total. The Bertz CT molecular complexity index is 390. The summed E-state index contributed by atoms with van der Waals surface area (Å²) in [5, 5.41) is 4.42. The van der Waals surface area contributed by atoms with E-state index in [1.165, 1.54) is 24.1 Å². The predicted octanol–water partition coefficient (Wildman–Crippen LogP) is 4.88. The Labute approximate surface area is 111 Å². The minimum Gasteiger partial charge on any atom is -0.382 e. The van der Waals surface area contributed by atoms with E-state index in [2.05, 4.69) is 47.2 Å². The largest absolute Gasteiger partial charge is 0.382 e. The lowest BCUT2D eigenvalue weighted by Gasteiger charge is -2.28. The van der Waals surface area contributed by atoms with Crippen molar-refractivity contribution in [1.82, 2.24) is 0 Å². The molecule has 1 aromatic carbocycles. The van der Waals surface area contributed by atoms with Crippen molar-refractivity contribution >= 4 is 33.2 Å². The fourth-order valence-electron chi connectivity index (χ4n) is 2.30. The summed E-state index contributed by atoms with van der Waals surface area (Å²) < 4.78 is 0.977. The summed E-state index contributed by atoms with van der Waals surface area (Å²) in [5.74, 6) is 0.745. The van der Waals surface area contributed by atoms with Crippen LogP contribution in [0.2, 0.25) is 5.02 Å². The van der Waals surface area contributed by atoms with Gasteiger partial charge in [-0.3, -0.25) is 0 Å². The van der Waals surface area contributed by atoms with E-state index >= 15 is 0 Å². The quantitative estimate of drug-likeness (QED) is 0.821. The zero-order chi connectivity index (χ0) is 11.7. The van der Waals surface area contributed by atoms with Crippen LogP contribution in [0.1, 0.15) is 32.3 Å². The van der Waals surface area contributed by atoms with Crippen LogP contribution in [-0.2, 0) is 6.42 Å². The number of nitrogens with one attached hydrogen (secondary N) is 1. The molecule has 0 aromatic heterocycles. The Morgan fingerprint density at radius 1 is 1.50 bits per heavy atom. The highest BCUT2D eigenvalue weighted by molar-refractivity contribution is 9.10. The van der Waals surface area contributed by atoms with Crippen LogP contribution < -0.4 is 5.32 Å². The van der Waals surface area contributed by atoms with Gasteiger partial charge in [-0.2, -0.15) is 0 Å². The molecule has 1 aliphatic heterocycles. The molecule has 0 bridgehead atoms. The fourth-order valence-corrected chi connectivity index (χ4v) is 2.83. The highest BCUT2D eigenvalue weighted by Crippen LogP contribution is 2.34. The SMILES string of the molecule is CC(C)CC1CCc2cc(Cl)c(Br)cc2N1. The number of rotatable bonds is 2. The van der Waals surface area contributed by atoms with Crippen LogP contribution in [0.25, 0.3) is 0 Å². The van der Waals surface area contributed by atoms with Crippen molar-refractivity contribution < 1.29 is 0 Å². The molecular formula is C13H17BrClN. The van der Waals surface area contributed by atoms with Gasteiger partial charge in [0, 0.05) is 16.2 Å². The van der Waals surface area contributed by atoms with E-state index in [9.17, 15) is 0 Å². The first-order chi connectivity index (χ1) is 7.56. The molecule has 0 spiro atoms. The lowest BCUT2D eigenvalue weighted by Crippen LogP contribution is -2.26. The molecule has 16 heavy (non-hydrogen) atoms. The summed E-state index contributed by atoms with van der Waals surface area (Å²) in [6, 6.07) is 4.78. The molecule has 0 fully saturated rings. The van der Waals surface area contributed by atoms with Crippen LogP contribution in [0.4, 0.5) is 5.69 Å². The normalized spacial score (nSPS) is 19.4. The average molecular weight is 303 g/mol. The smallest absolute Gasteiger partial charge is 0.0552 e. The highest BCUT2D eigenvalue weighted by atomic mass is 79.9. The van der Waals surface area contributed by atoms with Crippen LogP contribution in [0.15, 0.2) is 16.6 Å². The van der Waals surface area contributed by atoms with Crippen LogP contribution >= 0.6 is 27.5 Å². The third-order valence-electron chi connectivity index (χ3n) is 3.02. The van der Waals surface area contributed by atoms with Crippen molar-refractivity contribution in [3.05, 3.63) is 27.2 Å². The second-order valence-electron chi connectivity index (χ2n) is 4.93. The summed E-state index contributed by atoms with van der Waals surface area (Å²) in [7, 11) is 0. The Hall–Kier alpha value is -0.210. The van der Waals surface area contributed by atoms with E-state index in [0.29, 0.717) is 6.04 Å². The lowest BCUT2D eigenvalue weighted by atomic mass is 9.93. The van der Waals surface area contributed by atoms with E-state index < -0.39 is 0 Å². The molecule has 0 saturated heterocycles. The molecule has 0 aliphatic carbocycles. The lowest BCUT2D eigenvalue weighted by molar-refractivity contribution is 0.487. The second kappa shape index (κ2) is 4.97. The Kier molecular flexibility index (Phi) is 3.81. The van der Waals surface area contributed by atoms with Crippen molar-refractivity contribution in [3.63, 3.8) is 0 Å². The maximum Gasteiger partial charge on any atom is 0.0552 e. The number of fused-ring (bicyclic) bond motifs is 1. The van der Waals surface area contributed by atoms with Gasteiger partial charge in [0.1, 0.15) is 0 Å². The van der Waals surface area contributed by atoms with Gasteiger partial charge in [-0.1, -0.05) is 25.4 Å². The predicted molar refractivity (Wildman–Crippen MR) is 74.3 cm³/mol. The molecule has 1 atom stereocenters. The fraction of sp³-hybridized carbons (Fsp3) is 0.538. The van der Waals surface area contributed by atoms with Gasteiger partial charge in [-0.15, -0.1) is 0 Å². The second-order valence-corrected chi connectivity index (χ2v) is 6.19. The molecule has 1 aliphatic rings. The van der Waals surface area contributed by atoms with Gasteiger partial charge < -0.3 is 5.32 Å². The summed E-state index contributed by atoms with van der Waals surface area (Å²) in [6.45, 7) is 4.55. The van der Waals surface area contributed by atoms with Gasteiger partial charge in [0.15, 0.2) is 0 Å². The number of anilines is 1. The minimum absolute atomic E-state index is 0.612. The van der Waals surface area contributed by atoms with Gasteiger partial charge in [0.05, 0.1) is 5.02 Å². The third kappa shape index (κ3) is 2.72. The number of aryl methyl sites for hydroxylation is 1. The van der Waals surface area contributed by atoms with Gasteiger partial charge in [-0.05, 0) is 58.8 Å².